The van der Waals surface area contributed by atoms with Crippen LogP contribution < -0.4 is 0 Å². The van der Waals surface area contributed by atoms with Crippen LogP contribution in [0.1, 0.15) is 0 Å². The first kappa shape index (κ1) is 12.7. The number of aromatic nitrogens is 1. The van der Waals surface area contributed by atoms with Crippen LogP contribution in [0.2, 0.25) is 0 Å². The summed E-state index contributed by atoms with van der Waals surface area (Å²) >= 11 is 1.06. The van der Waals surface area contributed by atoms with Crippen LogP contribution in [0.25, 0.3) is 10.2 Å². The van der Waals surface area contributed by atoms with Crippen LogP contribution in [0, 0.1) is 0 Å². The van der Waals surface area contributed by atoms with Crippen molar-refractivity contribution in [3.63, 3.8) is 0 Å². The van der Waals surface area contributed by atoms with E-state index >= 15 is 0 Å². The molecule has 0 aliphatic heterocycles. The predicted molar refractivity (Wildman–Crippen MR) is 68.0 cm³/mol. The molecule has 0 saturated heterocycles. The standard InChI is InChI=1S/C11H9NO4S2/c1-16-10(13)6-7-18(14,15)11-12-8-4-2-3-5-9(8)17-11/h2-7H,1H3/b7-6-. The summed E-state index contributed by atoms with van der Waals surface area (Å²) in [5.41, 5.74) is 0.618. The highest BCUT2D eigenvalue weighted by Gasteiger charge is 2.16. The lowest BCUT2D eigenvalue weighted by Crippen LogP contribution is -1.99. The van der Waals surface area contributed by atoms with E-state index in [-0.39, 0.29) is 4.34 Å². The molecule has 0 aliphatic rings. The maximum atomic E-state index is 11.9. The molecule has 2 aromatic rings. The van der Waals surface area contributed by atoms with Crippen molar-refractivity contribution in [1.29, 1.82) is 0 Å². The number of carbonyl (C=O) groups is 1. The molecular formula is C11H9NO4S2. The normalized spacial score (nSPS) is 12.1. The molecule has 94 valence electrons. The average Bonchev–Trinajstić information content (AvgIpc) is 2.80. The van der Waals surface area contributed by atoms with E-state index in [1.807, 2.05) is 0 Å². The number of thiazole rings is 1. The summed E-state index contributed by atoms with van der Waals surface area (Å²) in [5.74, 6) is -0.723. The molecule has 0 unspecified atom stereocenters. The van der Waals surface area contributed by atoms with Crippen LogP contribution in [0.3, 0.4) is 0 Å². The van der Waals surface area contributed by atoms with E-state index in [1.54, 1.807) is 24.3 Å². The monoisotopic (exact) mass is 283 g/mol. The van der Waals surface area contributed by atoms with Gasteiger partial charge in [-0.15, -0.1) is 11.3 Å². The average molecular weight is 283 g/mol. The Kier molecular flexibility index (Phi) is 3.44. The summed E-state index contributed by atoms with van der Waals surface area (Å²) < 4.78 is 28.8. The summed E-state index contributed by atoms with van der Waals surface area (Å²) in [7, 11) is -2.52. The van der Waals surface area contributed by atoms with E-state index in [4.69, 9.17) is 0 Å². The summed E-state index contributed by atoms with van der Waals surface area (Å²) in [6.07, 6.45) is 0.862. The number of ether oxygens (including phenoxy) is 1. The number of nitrogens with zero attached hydrogens (tertiary/aromatic N) is 1. The van der Waals surface area contributed by atoms with Crippen molar-refractivity contribution in [1.82, 2.24) is 4.98 Å². The van der Waals surface area contributed by atoms with Crippen molar-refractivity contribution in [2.24, 2.45) is 0 Å². The minimum Gasteiger partial charge on any atom is -0.466 e. The molecule has 18 heavy (non-hydrogen) atoms. The lowest BCUT2D eigenvalue weighted by Gasteiger charge is -1.91. The molecule has 0 spiro atoms. The lowest BCUT2D eigenvalue weighted by molar-refractivity contribution is -0.134. The van der Waals surface area contributed by atoms with Crippen molar-refractivity contribution in [2.75, 3.05) is 7.11 Å². The van der Waals surface area contributed by atoms with Crippen molar-refractivity contribution in [3.8, 4) is 0 Å². The van der Waals surface area contributed by atoms with E-state index in [1.165, 1.54) is 7.11 Å². The molecular weight excluding hydrogens is 274 g/mol. The smallest absolute Gasteiger partial charge is 0.331 e. The van der Waals surface area contributed by atoms with Gasteiger partial charge in [0.25, 0.3) is 0 Å². The Hall–Kier alpha value is -1.73. The van der Waals surface area contributed by atoms with Gasteiger partial charge in [0.15, 0.2) is 0 Å². The second kappa shape index (κ2) is 4.87. The fraction of sp³-hybridized carbons (Fsp3) is 0.0909. The third kappa shape index (κ3) is 2.57. The largest absolute Gasteiger partial charge is 0.466 e. The maximum absolute atomic E-state index is 11.9. The number of hydrogen-bond donors (Lipinski definition) is 0. The summed E-state index contributed by atoms with van der Waals surface area (Å²) in [6.45, 7) is 0. The van der Waals surface area contributed by atoms with E-state index in [2.05, 4.69) is 9.72 Å². The molecule has 0 amide bonds. The minimum absolute atomic E-state index is 0.0381. The quantitative estimate of drug-likeness (QED) is 0.634. The Morgan fingerprint density at radius 2 is 2.11 bits per heavy atom. The number of sulfone groups is 1. The van der Waals surface area contributed by atoms with E-state index in [0.717, 1.165) is 27.5 Å². The zero-order valence-electron chi connectivity index (χ0n) is 9.36. The van der Waals surface area contributed by atoms with Gasteiger partial charge in [-0.3, -0.25) is 0 Å². The Bertz CT molecular complexity index is 682. The SMILES string of the molecule is COC(=O)/C=C\S(=O)(=O)c1nc2ccccc2s1. The number of rotatable bonds is 3. The van der Waals surface area contributed by atoms with Crippen LogP contribution >= 0.6 is 11.3 Å². The highest BCUT2D eigenvalue weighted by Crippen LogP contribution is 2.26. The Balaban J connectivity index is 2.41. The Labute approximate surface area is 108 Å². The second-order valence-corrected chi connectivity index (χ2v) is 6.36. The van der Waals surface area contributed by atoms with Crippen LogP contribution in [0.15, 0.2) is 40.1 Å². The molecule has 0 fully saturated rings. The zero-order chi connectivity index (χ0) is 13.2. The maximum Gasteiger partial charge on any atom is 0.331 e. The van der Waals surface area contributed by atoms with Gasteiger partial charge in [-0.1, -0.05) is 12.1 Å². The zero-order valence-corrected chi connectivity index (χ0v) is 11.0. The summed E-state index contributed by atoms with van der Waals surface area (Å²) in [6, 6.07) is 7.11. The van der Waals surface area contributed by atoms with E-state index < -0.39 is 15.8 Å². The van der Waals surface area contributed by atoms with Gasteiger partial charge in [-0.25, -0.2) is 18.2 Å². The Morgan fingerprint density at radius 3 is 2.78 bits per heavy atom. The van der Waals surface area contributed by atoms with Crippen LogP contribution in [0.4, 0.5) is 0 Å². The molecule has 1 heterocycles. The third-order valence-corrected chi connectivity index (χ3v) is 4.95. The molecule has 0 aliphatic carbocycles. The molecule has 7 heteroatoms. The molecule has 1 aromatic carbocycles. The van der Waals surface area contributed by atoms with Gasteiger partial charge in [-0.05, 0) is 12.1 Å². The summed E-state index contributed by atoms with van der Waals surface area (Å²) in [4.78, 5) is 14.9. The van der Waals surface area contributed by atoms with Crippen molar-refractivity contribution in [2.45, 2.75) is 4.34 Å². The van der Waals surface area contributed by atoms with Gasteiger partial charge in [-0.2, -0.15) is 0 Å². The van der Waals surface area contributed by atoms with Gasteiger partial charge < -0.3 is 4.74 Å². The fourth-order valence-corrected chi connectivity index (χ4v) is 3.47. The van der Waals surface area contributed by atoms with Gasteiger partial charge >= 0.3 is 5.97 Å². The number of esters is 1. The molecule has 2 rings (SSSR count). The molecule has 0 saturated carbocycles. The molecule has 0 N–H and O–H groups in total. The fourth-order valence-electron chi connectivity index (χ4n) is 1.24. The molecule has 0 radical (unpaired) electrons. The predicted octanol–water partition coefficient (Wildman–Crippen LogP) is 1.76. The van der Waals surface area contributed by atoms with E-state index in [9.17, 15) is 13.2 Å². The molecule has 0 atom stereocenters. The van der Waals surface area contributed by atoms with Crippen LogP contribution in [-0.2, 0) is 19.4 Å². The minimum atomic E-state index is -3.70. The molecule has 5 nitrogen and oxygen atoms in total. The van der Waals surface area contributed by atoms with Crippen LogP contribution in [0.5, 0.6) is 0 Å². The number of methoxy groups -OCH3 is 1. The first-order chi connectivity index (χ1) is 8.53. The molecule has 0 bridgehead atoms. The van der Waals surface area contributed by atoms with Gasteiger partial charge in [0, 0.05) is 11.5 Å². The van der Waals surface area contributed by atoms with Crippen molar-refractivity contribution in [3.05, 3.63) is 35.7 Å². The van der Waals surface area contributed by atoms with Gasteiger partial charge in [0.2, 0.25) is 14.2 Å². The van der Waals surface area contributed by atoms with E-state index in [0.29, 0.717) is 5.52 Å². The number of carbonyl (C=O) groups excluding carboxylic acids is 1. The van der Waals surface area contributed by atoms with Gasteiger partial charge in [0.1, 0.15) is 0 Å². The van der Waals surface area contributed by atoms with Crippen LogP contribution in [-0.4, -0.2) is 26.5 Å². The number of fused-ring (bicyclic) bond motifs is 1. The van der Waals surface area contributed by atoms with Crippen molar-refractivity contribution < 1.29 is 17.9 Å². The lowest BCUT2D eigenvalue weighted by atomic mass is 10.3. The van der Waals surface area contributed by atoms with Crippen molar-refractivity contribution >= 4 is 37.4 Å². The highest BCUT2D eigenvalue weighted by molar-refractivity contribution is 7.96. The topological polar surface area (TPSA) is 73.3 Å². The Morgan fingerprint density at radius 1 is 1.39 bits per heavy atom. The third-order valence-electron chi connectivity index (χ3n) is 2.10. The highest BCUT2D eigenvalue weighted by atomic mass is 32.2. The number of benzene rings is 1. The molecule has 1 aromatic heterocycles. The number of para-hydroxylation sites is 1. The second-order valence-electron chi connectivity index (χ2n) is 3.32. The number of hydrogen-bond acceptors (Lipinski definition) is 6. The summed E-state index contributed by atoms with van der Waals surface area (Å²) in [5, 5.41) is 0.802. The first-order valence-electron chi connectivity index (χ1n) is 4.89. The first-order valence-corrected chi connectivity index (χ1v) is 7.26. The van der Waals surface area contributed by atoms with Gasteiger partial charge in [0.05, 0.1) is 17.3 Å².